The van der Waals surface area contributed by atoms with Crippen LogP contribution in [0.1, 0.15) is 39.0 Å². The predicted octanol–water partition coefficient (Wildman–Crippen LogP) is 3.73. The maximum Gasteiger partial charge on any atom is 0.310 e. The van der Waals surface area contributed by atoms with Gasteiger partial charge in [-0.05, 0) is 55.0 Å². The van der Waals surface area contributed by atoms with E-state index in [-0.39, 0.29) is 23.2 Å². The summed E-state index contributed by atoms with van der Waals surface area (Å²) in [6.07, 6.45) is 3.15. The van der Waals surface area contributed by atoms with E-state index in [2.05, 4.69) is 0 Å². The van der Waals surface area contributed by atoms with Gasteiger partial charge in [0.25, 0.3) is 0 Å². The first-order chi connectivity index (χ1) is 13.4. The molecule has 3 rings (SSSR count). The monoisotopic (exact) mass is 404 g/mol. The zero-order valence-corrected chi connectivity index (χ0v) is 17.0. The van der Waals surface area contributed by atoms with Gasteiger partial charge in [-0.1, -0.05) is 43.2 Å². The fourth-order valence-electron chi connectivity index (χ4n) is 4.08. The number of esters is 1. The molecule has 1 fully saturated rings. The summed E-state index contributed by atoms with van der Waals surface area (Å²) in [4.78, 5) is 12.8. The Hall–Kier alpha value is -1.92. The minimum atomic E-state index is -3.68. The van der Waals surface area contributed by atoms with Gasteiger partial charge in [0.1, 0.15) is 0 Å². The third-order valence-electron chi connectivity index (χ3n) is 5.57. The summed E-state index contributed by atoms with van der Waals surface area (Å²) < 4.78 is 31.5. The van der Waals surface area contributed by atoms with E-state index in [4.69, 9.17) is 4.74 Å². The molecule has 0 spiro atoms. The van der Waals surface area contributed by atoms with Crippen molar-refractivity contribution >= 4 is 26.6 Å². The van der Waals surface area contributed by atoms with Gasteiger partial charge in [-0.15, -0.1) is 0 Å². The zero-order valence-electron chi connectivity index (χ0n) is 16.2. The highest BCUT2D eigenvalue weighted by Crippen LogP contribution is 2.32. The van der Waals surface area contributed by atoms with Crippen LogP contribution in [0, 0.1) is 11.8 Å². The first kappa shape index (κ1) is 20.8. The Morgan fingerprint density at radius 1 is 1.14 bits per heavy atom. The largest absolute Gasteiger partial charge is 0.466 e. The quantitative estimate of drug-likeness (QED) is 0.586. The fraction of sp³-hybridized carbons (Fsp3) is 0.500. The number of hydrogen-bond donors (Lipinski definition) is 1. The highest BCUT2D eigenvalue weighted by Gasteiger charge is 2.36. The average molecular weight is 405 g/mol. The molecule has 1 N–H and O–H groups in total. The SMILES string of the molecule is CCOC(=O)[C@H](CS(=O)(=O)c1ccc2ccccc2c1)C1CCCCC(O)C1. The van der Waals surface area contributed by atoms with Crippen LogP contribution in [0.3, 0.4) is 0 Å². The number of benzene rings is 2. The Bertz CT molecular complexity index is 921. The second-order valence-corrected chi connectivity index (χ2v) is 9.62. The number of ether oxygens (including phenoxy) is 1. The molecule has 1 aliphatic rings. The molecule has 2 aromatic carbocycles. The number of sulfone groups is 1. The van der Waals surface area contributed by atoms with Gasteiger partial charge in [0.2, 0.25) is 0 Å². The predicted molar refractivity (Wildman–Crippen MR) is 109 cm³/mol. The molecule has 152 valence electrons. The van der Waals surface area contributed by atoms with Crippen LogP contribution in [-0.4, -0.2) is 38.0 Å². The topological polar surface area (TPSA) is 80.7 Å². The van der Waals surface area contributed by atoms with E-state index in [1.807, 2.05) is 24.3 Å². The number of rotatable bonds is 6. The van der Waals surface area contributed by atoms with Crippen LogP contribution in [0.25, 0.3) is 10.8 Å². The minimum Gasteiger partial charge on any atom is -0.466 e. The molecular formula is C22H28O5S. The van der Waals surface area contributed by atoms with Crippen molar-refractivity contribution in [1.82, 2.24) is 0 Å². The second kappa shape index (κ2) is 9.05. The van der Waals surface area contributed by atoms with E-state index in [0.717, 1.165) is 30.0 Å². The number of carbonyl (C=O) groups excluding carboxylic acids is 1. The van der Waals surface area contributed by atoms with Crippen molar-refractivity contribution in [1.29, 1.82) is 0 Å². The number of carbonyl (C=O) groups is 1. The first-order valence-corrected chi connectivity index (χ1v) is 11.6. The Balaban J connectivity index is 1.89. The summed E-state index contributed by atoms with van der Waals surface area (Å²) in [5.74, 6) is -1.72. The van der Waals surface area contributed by atoms with Crippen molar-refractivity contribution in [3.63, 3.8) is 0 Å². The van der Waals surface area contributed by atoms with Gasteiger partial charge in [-0.3, -0.25) is 4.79 Å². The van der Waals surface area contributed by atoms with E-state index in [1.54, 1.807) is 25.1 Å². The van der Waals surface area contributed by atoms with E-state index in [0.29, 0.717) is 12.8 Å². The van der Waals surface area contributed by atoms with Crippen molar-refractivity contribution in [2.24, 2.45) is 11.8 Å². The Morgan fingerprint density at radius 2 is 1.86 bits per heavy atom. The van der Waals surface area contributed by atoms with Crippen molar-refractivity contribution < 1.29 is 23.1 Å². The molecule has 0 radical (unpaired) electrons. The number of aliphatic hydroxyl groups is 1. The normalized spacial score (nSPS) is 21.8. The molecule has 0 bridgehead atoms. The van der Waals surface area contributed by atoms with Crippen LogP contribution >= 0.6 is 0 Å². The Labute approximate surface area is 166 Å². The molecule has 0 aliphatic heterocycles. The highest BCUT2D eigenvalue weighted by atomic mass is 32.2. The van der Waals surface area contributed by atoms with Crippen molar-refractivity contribution in [3.8, 4) is 0 Å². The van der Waals surface area contributed by atoms with E-state index in [9.17, 15) is 18.3 Å². The molecule has 3 atom stereocenters. The van der Waals surface area contributed by atoms with Crippen molar-refractivity contribution in [2.45, 2.75) is 50.0 Å². The third-order valence-corrected chi connectivity index (χ3v) is 7.34. The molecule has 0 aromatic heterocycles. The molecule has 0 saturated heterocycles. The lowest BCUT2D eigenvalue weighted by molar-refractivity contribution is -0.149. The molecule has 0 amide bonds. The van der Waals surface area contributed by atoms with Crippen LogP contribution in [0.2, 0.25) is 0 Å². The Morgan fingerprint density at radius 3 is 2.61 bits per heavy atom. The summed E-state index contributed by atoms with van der Waals surface area (Å²) in [6, 6.07) is 12.6. The maximum atomic E-state index is 13.1. The molecular weight excluding hydrogens is 376 g/mol. The van der Waals surface area contributed by atoms with E-state index >= 15 is 0 Å². The van der Waals surface area contributed by atoms with Crippen molar-refractivity contribution in [2.75, 3.05) is 12.4 Å². The standard InChI is InChI=1S/C22H28O5S/c1-2-27-22(24)21(18-9-5-6-10-19(23)13-18)15-28(25,26)20-12-11-16-7-3-4-8-17(16)14-20/h3-4,7-8,11-12,14,18-19,21,23H,2,5-6,9-10,13,15H2,1H3/t18?,19?,21-/m1/s1. The molecule has 0 heterocycles. The molecule has 28 heavy (non-hydrogen) atoms. The van der Waals surface area contributed by atoms with E-state index < -0.39 is 27.8 Å². The lowest BCUT2D eigenvalue weighted by atomic mass is 9.86. The van der Waals surface area contributed by atoms with Gasteiger partial charge >= 0.3 is 5.97 Å². The number of hydrogen-bond acceptors (Lipinski definition) is 5. The maximum absolute atomic E-state index is 13.1. The summed E-state index contributed by atoms with van der Waals surface area (Å²) in [5, 5.41) is 12.0. The van der Waals surface area contributed by atoms with Gasteiger partial charge in [-0.25, -0.2) is 8.42 Å². The molecule has 2 unspecified atom stereocenters. The third kappa shape index (κ3) is 4.92. The average Bonchev–Trinajstić information content (AvgIpc) is 2.90. The molecule has 6 heteroatoms. The van der Waals surface area contributed by atoms with E-state index in [1.165, 1.54) is 0 Å². The molecule has 1 saturated carbocycles. The summed E-state index contributed by atoms with van der Waals surface area (Å²) in [7, 11) is -3.68. The van der Waals surface area contributed by atoms with Crippen LogP contribution < -0.4 is 0 Å². The smallest absolute Gasteiger partial charge is 0.310 e. The summed E-state index contributed by atoms with van der Waals surface area (Å²) in [6.45, 7) is 1.93. The van der Waals surface area contributed by atoms with Gasteiger partial charge in [0.15, 0.2) is 9.84 Å². The lowest BCUT2D eigenvalue weighted by Crippen LogP contribution is -2.33. The van der Waals surface area contributed by atoms with Crippen LogP contribution in [0.15, 0.2) is 47.4 Å². The number of aliphatic hydroxyl groups excluding tert-OH is 1. The summed E-state index contributed by atoms with van der Waals surface area (Å²) in [5.41, 5.74) is 0. The first-order valence-electron chi connectivity index (χ1n) is 9.97. The number of fused-ring (bicyclic) bond motifs is 1. The van der Waals surface area contributed by atoms with Crippen LogP contribution in [0.4, 0.5) is 0 Å². The van der Waals surface area contributed by atoms with Crippen LogP contribution in [0.5, 0.6) is 0 Å². The van der Waals surface area contributed by atoms with Crippen LogP contribution in [-0.2, 0) is 19.4 Å². The second-order valence-electron chi connectivity index (χ2n) is 7.58. The highest BCUT2D eigenvalue weighted by molar-refractivity contribution is 7.91. The molecule has 1 aliphatic carbocycles. The fourth-order valence-corrected chi connectivity index (χ4v) is 5.73. The van der Waals surface area contributed by atoms with Gasteiger partial charge < -0.3 is 9.84 Å². The Kier molecular flexibility index (Phi) is 6.73. The molecule has 2 aromatic rings. The van der Waals surface area contributed by atoms with Crippen molar-refractivity contribution in [3.05, 3.63) is 42.5 Å². The molecule has 5 nitrogen and oxygen atoms in total. The zero-order chi connectivity index (χ0) is 20.1. The lowest BCUT2D eigenvalue weighted by Gasteiger charge is -2.25. The minimum absolute atomic E-state index is 0.188. The van der Waals surface area contributed by atoms with Gasteiger partial charge in [-0.2, -0.15) is 0 Å². The summed E-state index contributed by atoms with van der Waals surface area (Å²) >= 11 is 0. The van der Waals surface area contributed by atoms with Gasteiger partial charge in [0.05, 0.1) is 29.3 Å². The van der Waals surface area contributed by atoms with Gasteiger partial charge in [0, 0.05) is 0 Å².